The Labute approximate surface area is 192 Å². The normalized spacial score (nSPS) is 12.8. The zero-order valence-corrected chi connectivity index (χ0v) is 22.1. The molecule has 2 aromatic carbocycles. The summed E-state index contributed by atoms with van der Waals surface area (Å²) < 4.78 is 11.6. The van der Waals surface area contributed by atoms with E-state index >= 15 is 0 Å². The van der Waals surface area contributed by atoms with Crippen molar-refractivity contribution < 1.29 is 9.47 Å². The predicted molar refractivity (Wildman–Crippen MR) is 136 cm³/mol. The van der Waals surface area contributed by atoms with E-state index in [4.69, 9.17) is 9.47 Å². The maximum atomic E-state index is 6.32. The Morgan fingerprint density at radius 1 is 0.968 bits per heavy atom. The van der Waals surface area contributed by atoms with Gasteiger partial charge >= 0.3 is 0 Å². The van der Waals surface area contributed by atoms with E-state index in [1.54, 1.807) is 7.11 Å². The number of hydrogen-bond donors (Lipinski definition) is 0. The minimum absolute atomic E-state index is 0.0109. The molecular weight excluding hydrogens is 401 g/mol. The van der Waals surface area contributed by atoms with E-state index in [2.05, 4.69) is 96.9 Å². The Hall–Kier alpha value is -1.41. The van der Waals surface area contributed by atoms with Gasteiger partial charge in [0.05, 0.1) is 0 Å². The molecule has 172 valence electrons. The summed E-state index contributed by atoms with van der Waals surface area (Å²) in [5.74, 6) is 1.02. The Kier molecular flexibility index (Phi) is 9.13. The molecule has 0 heterocycles. The predicted octanol–water partition coefficient (Wildman–Crippen LogP) is 6.36. The number of aryl methyl sites for hydroxylation is 1. The second-order valence-corrected chi connectivity index (χ2v) is 11.5. The Morgan fingerprint density at radius 2 is 1.58 bits per heavy atom. The molecule has 1 atom stereocenters. The van der Waals surface area contributed by atoms with Crippen molar-refractivity contribution in [1.82, 2.24) is 4.90 Å². The van der Waals surface area contributed by atoms with E-state index in [0.717, 1.165) is 25.1 Å². The van der Waals surface area contributed by atoms with Gasteiger partial charge in [0, 0.05) is 29.9 Å². The lowest BCUT2D eigenvalue weighted by Crippen LogP contribution is -2.27. The molecule has 3 nitrogen and oxygen atoms in total. The number of benzene rings is 2. The molecule has 0 aliphatic rings. The molecule has 0 aromatic heterocycles. The highest BCUT2D eigenvalue weighted by Gasteiger charge is 2.35. The van der Waals surface area contributed by atoms with Crippen LogP contribution in [0.3, 0.4) is 0 Å². The standard InChI is InChI=1S/C27H42NO2P/c1-10-27(11-2,31-24-15-13-12-14-21(24)18-28(7)8)23-17-20(3)16-22(26(4,5)6)25(23)30-19-29-9/h12-17,31H,10-11,18-19H2,1-9H3. The van der Waals surface area contributed by atoms with Crippen LogP contribution in [-0.2, 0) is 21.9 Å². The highest BCUT2D eigenvalue weighted by Crippen LogP contribution is 2.52. The van der Waals surface area contributed by atoms with E-state index < -0.39 is 0 Å². The van der Waals surface area contributed by atoms with Crippen molar-refractivity contribution in [2.24, 2.45) is 0 Å². The van der Waals surface area contributed by atoms with Crippen LogP contribution in [0.5, 0.6) is 5.75 Å². The van der Waals surface area contributed by atoms with Crippen LogP contribution in [0.2, 0.25) is 0 Å². The minimum atomic E-state index is -0.0109. The van der Waals surface area contributed by atoms with Crippen LogP contribution in [0.4, 0.5) is 0 Å². The first kappa shape index (κ1) is 25.8. The summed E-state index contributed by atoms with van der Waals surface area (Å²) in [5, 5.41) is 1.48. The van der Waals surface area contributed by atoms with Crippen LogP contribution >= 0.6 is 8.58 Å². The maximum Gasteiger partial charge on any atom is 0.188 e. The van der Waals surface area contributed by atoms with E-state index in [1.807, 2.05) is 0 Å². The highest BCUT2D eigenvalue weighted by atomic mass is 31.1. The maximum absolute atomic E-state index is 6.32. The first-order chi connectivity index (χ1) is 14.6. The van der Waals surface area contributed by atoms with Crippen LogP contribution in [0, 0.1) is 6.92 Å². The minimum Gasteiger partial charge on any atom is -0.467 e. The van der Waals surface area contributed by atoms with Crippen LogP contribution in [0.15, 0.2) is 36.4 Å². The first-order valence-electron chi connectivity index (χ1n) is 11.4. The third-order valence-corrected chi connectivity index (χ3v) is 8.18. The fourth-order valence-corrected chi connectivity index (χ4v) is 5.90. The molecule has 4 heteroatoms. The summed E-state index contributed by atoms with van der Waals surface area (Å²) in [7, 11) is 6.64. The van der Waals surface area contributed by atoms with Crippen LogP contribution < -0.4 is 10.0 Å². The average Bonchev–Trinajstić information content (AvgIpc) is 2.71. The van der Waals surface area contributed by atoms with Crippen molar-refractivity contribution in [3.63, 3.8) is 0 Å². The number of nitrogens with zero attached hydrogens (tertiary/aromatic N) is 1. The highest BCUT2D eigenvalue weighted by molar-refractivity contribution is 7.48. The van der Waals surface area contributed by atoms with Gasteiger partial charge in [0.25, 0.3) is 0 Å². The molecule has 0 radical (unpaired) electrons. The van der Waals surface area contributed by atoms with Gasteiger partial charge in [-0.25, -0.2) is 0 Å². The fourth-order valence-electron chi connectivity index (χ4n) is 4.21. The van der Waals surface area contributed by atoms with E-state index in [9.17, 15) is 0 Å². The summed E-state index contributed by atoms with van der Waals surface area (Å²) in [6.45, 7) is 14.9. The van der Waals surface area contributed by atoms with Crippen molar-refractivity contribution in [1.29, 1.82) is 0 Å². The fraction of sp³-hybridized carbons (Fsp3) is 0.556. The number of hydrogen-bond acceptors (Lipinski definition) is 3. The van der Waals surface area contributed by atoms with Crippen molar-refractivity contribution in [3.8, 4) is 5.75 Å². The summed E-state index contributed by atoms with van der Waals surface area (Å²) >= 11 is 0. The zero-order chi connectivity index (χ0) is 23.2. The third-order valence-electron chi connectivity index (χ3n) is 5.96. The molecule has 0 saturated carbocycles. The Balaban J connectivity index is 2.70. The lowest BCUT2D eigenvalue weighted by Gasteiger charge is -2.37. The van der Waals surface area contributed by atoms with Gasteiger partial charge in [-0.3, -0.25) is 0 Å². The molecule has 0 spiro atoms. The van der Waals surface area contributed by atoms with E-state index in [0.29, 0.717) is 8.58 Å². The van der Waals surface area contributed by atoms with E-state index in [1.165, 1.54) is 27.6 Å². The van der Waals surface area contributed by atoms with Gasteiger partial charge < -0.3 is 14.4 Å². The van der Waals surface area contributed by atoms with Crippen molar-refractivity contribution in [2.75, 3.05) is 28.0 Å². The molecule has 31 heavy (non-hydrogen) atoms. The smallest absolute Gasteiger partial charge is 0.188 e. The van der Waals surface area contributed by atoms with Gasteiger partial charge in [-0.1, -0.05) is 85.2 Å². The van der Waals surface area contributed by atoms with Crippen molar-refractivity contribution >= 4 is 13.9 Å². The second-order valence-electron chi connectivity index (χ2n) is 9.80. The van der Waals surface area contributed by atoms with Gasteiger partial charge in [-0.15, -0.1) is 0 Å². The summed E-state index contributed by atoms with van der Waals surface area (Å²) in [4.78, 5) is 2.25. The van der Waals surface area contributed by atoms with Gasteiger partial charge in [-0.2, -0.15) is 0 Å². The molecule has 0 fully saturated rings. The van der Waals surface area contributed by atoms with Crippen LogP contribution in [0.25, 0.3) is 0 Å². The third kappa shape index (κ3) is 6.31. The summed E-state index contributed by atoms with van der Waals surface area (Å²) in [6.07, 6.45) is 2.13. The lowest BCUT2D eigenvalue weighted by molar-refractivity contribution is 0.0485. The molecule has 0 N–H and O–H groups in total. The molecule has 0 aliphatic carbocycles. The molecule has 1 unspecified atom stereocenters. The van der Waals surface area contributed by atoms with Crippen LogP contribution in [-0.4, -0.2) is 32.9 Å². The topological polar surface area (TPSA) is 21.7 Å². The number of ether oxygens (including phenoxy) is 2. The largest absolute Gasteiger partial charge is 0.467 e. The second kappa shape index (κ2) is 10.9. The van der Waals surface area contributed by atoms with E-state index in [-0.39, 0.29) is 17.4 Å². The Morgan fingerprint density at radius 3 is 2.13 bits per heavy atom. The molecule has 0 amide bonds. The first-order valence-corrected chi connectivity index (χ1v) is 12.4. The van der Waals surface area contributed by atoms with Crippen molar-refractivity contribution in [2.45, 2.75) is 71.5 Å². The lowest BCUT2D eigenvalue weighted by atomic mass is 9.80. The molecule has 2 aromatic rings. The van der Waals surface area contributed by atoms with Gasteiger partial charge in [0.15, 0.2) is 6.79 Å². The number of methoxy groups -OCH3 is 1. The zero-order valence-electron chi connectivity index (χ0n) is 21.1. The molecule has 0 saturated heterocycles. The average molecular weight is 444 g/mol. The Bertz CT molecular complexity index is 851. The van der Waals surface area contributed by atoms with Crippen LogP contribution in [0.1, 0.15) is 69.7 Å². The number of rotatable bonds is 10. The SMILES string of the molecule is CCC(CC)(Pc1ccccc1CN(C)C)c1cc(C)cc(C(C)(C)C)c1OCOC. The molecular formula is C27H42NO2P. The van der Waals surface area contributed by atoms with Gasteiger partial charge in [0.2, 0.25) is 0 Å². The molecule has 0 aliphatic heterocycles. The van der Waals surface area contributed by atoms with Gasteiger partial charge in [-0.05, 0) is 50.1 Å². The summed E-state index contributed by atoms with van der Waals surface area (Å²) in [5.41, 5.74) is 5.29. The summed E-state index contributed by atoms with van der Waals surface area (Å²) in [6, 6.07) is 13.6. The van der Waals surface area contributed by atoms with Crippen molar-refractivity contribution in [3.05, 3.63) is 58.7 Å². The monoisotopic (exact) mass is 443 g/mol. The molecule has 2 rings (SSSR count). The van der Waals surface area contributed by atoms with Gasteiger partial charge in [0.1, 0.15) is 5.75 Å². The molecule has 0 bridgehead atoms. The quantitative estimate of drug-likeness (QED) is 0.315.